The van der Waals surface area contributed by atoms with Gasteiger partial charge in [-0.3, -0.25) is 4.79 Å². The van der Waals surface area contributed by atoms with Crippen LogP contribution in [0.1, 0.15) is 40.0 Å². The summed E-state index contributed by atoms with van der Waals surface area (Å²) in [5.74, 6) is -0.195. The van der Waals surface area contributed by atoms with Crippen molar-refractivity contribution < 1.29 is 9.53 Å². The molecule has 15 heavy (non-hydrogen) atoms. The smallest absolute Gasteiger partial charge is 0.309 e. The molecular formula is C12H23NO2. The van der Waals surface area contributed by atoms with Gasteiger partial charge in [0.25, 0.3) is 0 Å². The zero-order valence-electron chi connectivity index (χ0n) is 10.3. The van der Waals surface area contributed by atoms with Crippen LogP contribution in [0.3, 0.4) is 0 Å². The van der Waals surface area contributed by atoms with Gasteiger partial charge in [0.05, 0.1) is 13.0 Å². The fraction of sp³-hybridized carbons (Fsp3) is 0.917. The van der Waals surface area contributed by atoms with Crippen molar-refractivity contribution in [3.05, 3.63) is 0 Å². The maximum absolute atomic E-state index is 11.3. The predicted octanol–water partition coefficient (Wildman–Crippen LogP) is 1.96. The molecule has 0 radical (unpaired) electrons. The Hall–Kier alpha value is -0.570. The van der Waals surface area contributed by atoms with Crippen LogP contribution in [-0.2, 0) is 9.53 Å². The van der Waals surface area contributed by atoms with Crippen molar-refractivity contribution in [2.45, 2.75) is 46.1 Å². The Labute approximate surface area is 92.6 Å². The number of carbonyl (C=O) groups is 1. The second kappa shape index (κ2) is 4.97. The van der Waals surface area contributed by atoms with Crippen LogP contribution in [0.4, 0.5) is 0 Å². The molecule has 88 valence electrons. The molecule has 0 saturated heterocycles. The van der Waals surface area contributed by atoms with E-state index in [0.717, 1.165) is 6.54 Å². The van der Waals surface area contributed by atoms with E-state index in [0.29, 0.717) is 5.41 Å². The highest BCUT2D eigenvalue weighted by Crippen LogP contribution is 2.47. The van der Waals surface area contributed by atoms with Crippen molar-refractivity contribution >= 4 is 5.97 Å². The van der Waals surface area contributed by atoms with Crippen molar-refractivity contribution in [2.75, 3.05) is 13.7 Å². The minimum atomic E-state index is -0.128. The number of methoxy groups -OCH3 is 1. The van der Waals surface area contributed by atoms with Crippen LogP contribution >= 0.6 is 0 Å². The summed E-state index contributed by atoms with van der Waals surface area (Å²) < 4.78 is 4.73. The van der Waals surface area contributed by atoms with E-state index in [2.05, 4.69) is 12.2 Å². The summed E-state index contributed by atoms with van der Waals surface area (Å²) in [6.45, 7) is 7.23. The lowest BCUT2D eigenvalue weighted by atomic mass is 10.0. The molecule has 0 aromatic heterocycles. The van der Waals surface area contributed by atoms with Crippen molar-refractivity contribution in [2.24, 2.45) is 11.3 Å². The van der Waals surface area contributed by atoms with Crippen molar-refractivity contribution in [3.63, 3.8) is 0 Å². The lowest BCUT2D eigenvalue weighted by molar-refractivity contribution is -0.145. The maximum atomic E-state index is 11.3. The van der Waals surface area contributed by atoms with Crippen LogP contribution in [0.5, 0.6) is 0 Å². The molecule has 1 aliphatic rings. The summed E-state index contributed by atoms with van der Waals surface area (Å²) in [5, 5.41) is 3.45. The number of hydrogen-bond acceptors (Lipinski definition) is 3. The third-order valence-electron chi connectivity index (χ3n) is 3.83. The van der Waals surface area contributed by atoms with Gasteiger partial charge in [-0.1, -0.05) is 13.8 Å². The fourth-order valence-corrected chi connectivity index (χ4v) is 1.78. The molecule has 3 nitrogen and oxygen atoms in total. The van der Waals surface area contributed by atoms with E-state index < -0.39 is 0 Å². The molecule has 0 bridgehead atoms. The first-order valence-electron chi connectivity index (χ1n) is 5.86. The van der Waals surface area contributed by atoms with Gasteiger partial charge in [-0.05, 0) is 31.6 Å². The molecule has 0 aliphatic heterocycles. The van der Waals surface area contributed by atoms with Crippen molar-refractivity contribution in [1.29, 1.82) is 0 Å². The summed E-state index contributed by atoms with van der Waals surface area (Å²) >= 11 is 0. The predicted molar refractivity (Wildman–Crippen MR) is 60.6 cm³/mol. The molecule has 2 unspecified atom stereocenters. The first kappa shape index (κ1) is 12.5. The van der Waals surface area contributed by atoms with Gasteiger partial charge >= 0.3 is 5.97 Å². The summed E-state index contributed by atoms with van der Waals surface area (Å²) in [6.07, 6.45) is 3.89. The molecule has 1 N–H and O–H groups in total. The molecule has 0 spiro atoms. The first-order chi connectivity index (χ1) is 7.04. The van der Waals surface area contributed by atoms with Crippen molar-refractivity contribution in [1.82, 2.24) is 5.32 Å². The molecule has 0 aromatic carbocycles. The average molecular weight is 213 g/mol. The highest BCUT2D eigenvalue weighted by Gasteiger charge is 2.40. The van der Waals surface area contributed by atoms with Crippen molar-refractivity contribution in [3.8, 4) is 0 Å². The summed E-state index contributed by atoms with van der Waals surface area (Å²) in [5.41, 5.74) is 0.532. The van der Waals surface area contributed by atoms with Crippen LogP contribution < -0.4 is 5.32 Å². The molecule has 0 amide bonds. The van der Waals surface area contributed by atoms with E-state index in [4.69, 9.17) is 4.74 Å². The lowest BCUT2D eigenvalue weighted by Gasteiger charge is -2.22. The summed E-state index contributed by atoms with van der Waals surface area (Å²) in [7, 11) is 1.44. The molecule has 0 aromatic rings. The highest BCUT2D eigenvalue weighted by atomic mass is 16.5. The fourth-order valence-electron chi connectivity index (χ4n) is 1.78. The van der Waals surface area contributed by atoms with E-state index >= 15 is 0 Å². The molecule has 0 heterocycles. The molecule has 1 rings (SSSR count). The van der Waals surface area contributed by atoms with Crippen LogP contribution in [0, 0.1) is 11.3 Å². The number of esters is 1. The molecule has 1 aliphatic carbocycles. The highest BCUT2D eigenvalue weighted by molar-refractivity contribution is 5.72. The van der Waals surface area contributed by atoms with E-state index in [-0.39, 0.29) is 17.9 Å². The summed E-state index contributed by atoms with van der Waals surface area (Å²) in [6, 6.07) is 0.196. The van der Waals surface area contributed by atoms with Crippen LogP contribution in [0.15, 0.2) is 0 Å². The second-order valence-corrected chi connectivity index (χ2v) is 4.83. The Bertz CT molecular complexity index is 224. The van der Waals surface area contributed by atoms with E-state index in [1.807, 2.05) is 13.8 Å². The molecule has 1 saturated carbocycles. The van der Waals surface area contributed by atoms with Gasteiger partial charge in [0.2, 0.25) is 0 Å². The van der Waals surface area contributed by atoms with Crippen LogP contribution in [0.25, 0.3) is 0 Å². The molecule has 1 fully saturated rings. The van der Waals surface area contributed by atoms with E-state index in [1.165, 1.54) is 26.4 Å². The number of ether oxygens (including phenoxy) is 1. The lowest BCUT2D eigenvalue weighted by Crippen LogP contribution is -2.39. The Morgan fingerprint density at radius 1 is 1.47 bits per heavy atom. The third kappa shape index (κ3) is 3.20. The largest absolute Gasteiger partial charge is 0.469 e. The van der Waals surface area contributed by atoms with Gasteiger partial charge in [-0.25, -0.2) is 0 Å². The topological polar surface area (TPSA) is 38.3 Å². The molecular weight excluding hydrogens is 190 g/mol. The number of carbonyl (C=O) groups excluding carboxylic acids is 1. The van der Waals surface area contributed by atoms with E-state index in [1.54, 1.807) is 0 Å². The van der Waals surface area contributed by atoms with Gasteiger partial charge in [-0.2, -0.15) is 0 Å². The Morgan fingerprint density at radius 2 is 2.07 bits per heavy atom. The van der Waals surface area contributed by atoms with Gasteiger partial charge in [0.1, 0.15) is 0 Å². The molecule has 2 atom stereocenters. The van der Waals surface area contributed by atoms with E-state index in [9.17, 15) is 4.79 Å². The second-order valence-electron chi connectivity index (χ2n) is 4.83. The third-order valence-corrected chi connectivity index (χ3v) is 3.83. The zero-order valence-corrected chi connectivity index (χ0v) is 10.3. The SMILES string of the molecule is CCC1(CNC(C)C(C)C(=O)OC)CC1. The summed E-state index contributed by atoms with van der Waals surface area (Å²) in [4.78, 5) is 11.3. The standard InChI is InChI=1S/C12H23NO2/c1-5-12(6-7-12)8-13-10(3)9(2)11(14)15-4/h9-10,13H,5-8H2,1-4H3. The zero-order chi connectivity index (χ0) is 11.5. The minimum absolute atomic E-state index is 0.0670. The van der Waals surface area contributed by atoms with Crippen LogP contribution in [0.2, 0.25) is 0 Å². The number of nitrogens with one attached hydrogen (secondary N) is 1. The average Bonchev–Trinajstić information content (AvgIpc) is 3.04. The Kier molecular flexibility index (Phi) is 4.14. The van der Waals surface area contributed by atoms with Gasteiger partial charge in [0, 0.05) is 12.6 Å². The normalized spacial score (nSPS) is 21.9. The Morgan fingerprint density at radius 3 is 2.47 bits per heavy atom. The first-order valence-corrected chi connectivity index (χ1v) is 5.86. The van der Waals surface area contributed by atoms with Gasteiger partial charge < -0.3 is 10.1 Å². The minimum Gasteiger partial charge on any atom is -0.469 e. The monoisotopic (exact) mass is 213 g/mol. The quantitative estimate of drug-likeness (QED) is 0.685. The Balaban J connectivity index is 2.29. The molecule has 3 heteroatoms. The van der Waals surface area contributed by atoms with Gasteiger partial charge in [-0.15, -0.1) is 0 Å². The van der Waals surface area contributed by atoms with Gasteiger partial charge in [0.15, 0.2) is 0 Å². The van der Waals surface area contributed by atoms with Crippen LogP contribution in [-0.4, -0.2) is 25.7 Å². The maximum Gasteiger partial charge on any atom is 0.309 e. The number of rotatable bonds is 6. The number of hydrogen-bond donors (Lipinski definition) is 1.